The minimum Gasteiger partial charge on any atom is -0.378 e. The molecule has 0 atom stereocenters. The lowest BCUT2D eigenvalue weighted by Gasteiger charge is -2.28. The van der Waals surface area contributed by atoms with E-state index in [0.717, 1.165) is 47.1 Å². The van der Waals surface area contributed by atoms with Gasteiger partial charge in [0.1, 0.15) is 4.32 Å². The third-order valence-corrected chi connectivity index (χ3v) is 5.03. The van der Waals surface area contributed by atoms with E-state index < -0.39 is 0 Å². The maximum absolute atomic E-state index is 11.7. The van der Waals surface area contributed by atoms with Crippen molar-refractivity contribution in [3.05, 3.63) is 46.2 Å². The van der Waals surface area contributed by atoms with Crippen LogP contribution in [0.3, 0.4) is 0 Å². The lowest BCUT2D eigenvalue weighted by molar-refractivity contribution is 0.0702. The maximum Gasteiger partial charge on any atom is 0.248 e. The second-order valence-corrected chi connectivity index (χ2v) is 6.47. The van der Waals surface area contributed by atoms with Crippen LogP contribution >= 0.6 is 24.0 Å². The van der Waals surface area contributed by atoms with Crippen LogP contribution in [0, 0.1) is 0 Å². The molecule has 0 aliphatic carbocycles. The fourth-order valence-electron chi connectivity index (χ4n) is 2.37. The number of benzene rings is 1. The van der Waals surface area contributed by atoms with E-state index >= 15 is 0 Å². The molecule has 0 amide bonds. The Hall–Kier alpha value is -1.37. The lowest BCUT2D eigenvalue weighted by Crippen LogP contribution is -2.38. The smallest absolute Gasteiger partial charge is 0.248 e. The Bertz CT molecular complexity index is 708. The van der Waals surface area contributed by atoms with Crippen LogP contribution in [0.5, 0.6) is 0 Å². The van der Waals surface area contributed by atoms with Crippen LogP contribution in [-0.2, 0) is 10.5 Å². The van der Waals surface area contributed by atoms with Crippen molar-refractivity contribution < 1.29 is 4.74 Å². The first-order valence-corrected chi connectivity index (χ1v) is 8.24. The van der Waals surface area contributed by atoms with Gasteiger partial charge in [-0.05, 0) is 11.6 Å². The molecule has 4 nitrogen and oxygen atoms in total. The zero-order valence-corrected chi connectivity index (χ0v) is 13.1. The number of fused-ring (bicyclic) bond motifs is 1. The third-order valence-electron chi connectivity index (χ3n) is 3.46. The number of para-hydroxylation sites is 1. The van der Waals surface area contributed by atoms with E-state index in [1.54, 1.807) is 17.8 Å². The summed E-state index contributed by atoms with van der Waals surface area (Å²) >= 11 is 7.08. The predicted octanol–water partition coefficient (Wildman–Crippen LogP) is 2.38. The molecule has 0 radical (unpaired) electrons. The van der Waals surface area contributed by atoms with Gasteiger partial charge in [0.05, 0.1) is 13.2 Å². The summed E-state index contributed by atoms with van der Waals surface area (Å²) in [7, 11) is 0. The molecule has 1 fully saturated rings. The van der Waals surface area contributed by atoms with Gasteiger partial charge in [0.2, 0.25) is 5.56 Å². The van der Waals surface area contributed by atoms with Crippen LogP contribution in [-0.4, -0.2) is 40.5 Å². The summed E-state index contributed by atoms with van der Waals surface area (Å²) in [4.78, 5) is 16.7. The van der Waals surface area contributed by atoms with Gasteiger partial charge in [-0.25, -0.2) is 0 Å². The molecule has 2 aromatic rings. The molecule has 0 unspecified atom stereocenters. The largest absolute Gasteiger partial charge is 0.378 e. The van der Waals surface area contributed by atoms with Crippen LogP contribution in [0.25, 0.3) is 10.9 Å². The number of hydrogen-bond acceptors (Lipinski definition) is 4. The Kier molecular flexibility index (Phi) is 4.57. The number of thiocarbonyl (C=S) groups is 1. The van der Waals surface area contributed by atoms with E-state index in [9.17, 15) is 4.79 Å². The SMILES string of the molecule is O=c1cc(CSC(=S)N2CCOCC2)c2ccccc2[nH]1. The van der Waals surface area contributed by atoms with Crippen molar-refractivity contribution in [3.8, 4) is 0 Å². The molecule has 0 bridgehead atoms. The molecule has 1 N–H and O–H groups in total. The number of thioether (sulfide) groups is 1. The molecule has 1 aliphatic heterocycles. The van der Waals surface area contributed by atoms with Crippen molar-refractivity contribution >= 4 is 39.2 Å². The number of ether oxygens (including phenoxy) is 1. The highest BCUT2D eigenvalue weighted by atomic mass is 32.2. The number of nitrogens with one attached hydrogen (secondary N) is 1. The summed E-state index contributed by atoms with van der Waals surface area (Å²) < 4.78 is 6.21. The molecule has 3 rings (SSSR count). The molecule has 0 saturated carbocycles. The van der Waals surface area contributed by atoms with Crippen molar-refractivity contribution in [2.45, 2.75) is 5.75 Å². The standard InChI is InChI=1S/C15H16N2O2S2/c18-14-9-11(12-3-1-2-4-13(12)16-14)10-21-15(20)17-5-7-19-8-6-17/h1-4,9H,5-8,10H2,(H,16,18). The fourth-order valence-corrected chi connectivity index (χ4v) is 3.62. The number of rotatable bonds is 2. The van der Waals surface area contributed by atoms with Crippen molar-refractivity contribution in [1.29, 1.82) is 0 Å². The topological polar surface area (TPSA) is 45.3 Å². The lowest BCUT2D eigenvalue weighted by atomic mass is 10.1. The van der Waals surface area contributed by atoms with Gasteiger partial charge in [0, 0.05) is 35.8 Å². The zero-order valence-electron chi connectivity index (χ0n) is 11.5. The molecule has 110 valence electrons. The fraction of sp³-hybridized carbons (Fsp3) is 0.333. The molecule has 6 heteroatoms. The number of pyridine rings is 1. The van der Waals surface area contributed by atoms with Gasteiger partial charge in [-0.3, -0.25) is 4.79 Å². The highest BCUT2D eigenvalue weighted by molar-refractivity contribution is 8.22. The van der Waals surface area contributed by atoms with E-state index in [1.165, 1.54) is 0 Å². The van der Waals surface area contributed by atoms with Crippen LogP contribution in [0.2, 0.25) is 0 Å². The normalized spacial score (nSPS) is 15.3. The van der Waals surface area contributed by atoms with Gasteiger partial charge in [-0.15, -0.1) is 0 Å². The molecule has 21 heavy (non-hydrogen) atoms. The zero-order chi connectivity index (χ0) is 14.7. The van der Waals surface area contributed by atoms with E-state index in [4.69, 9.17) is 17.0 Å². The highest BCUT2D eigenvalue weighted by Gasteiger charge is 2.14. The van der Waals surface area contributed by atoms with Crippen molar-refractivity contribution in [2.24, 2.45) is 0 Å². The molecule has 2 heterocycles. The first-order chi connectivity index (χ1) is 10.2. The Morgan fingerprint density at radius 3 is 2.90 bits per heavy atom. The maximum atomic E-state index is 11.7. The van der Waals surface area contributed by atoms with Gasteiger partial charge in [0.15, 0.2) is 0 Å². The van der Waals surface area contributed by atoms with Gasteiger partial charge >= 0.3 is 0 Å². The molecule has 1 aromatic carbocycles. The number of hydrogen-bond donors (Lipinski definition) is 1. The number of aromatic amines is 1. The molecule has 1 aliphatic rings. The van der Waals surface area contributed by atoms with Gasteiger partial charge in [-0.2, -0.15) is 0 Å². The minimum absolute atomic E-state index is 0.0680. The third kappa shape index (κ3) is 3.45. The Balaban J connectivity index is 1.75. The summed E-state index contributed by atoms with van der Waals surface area (Å²) in [6.07, 6.45) is 0. The molecule has 0 spiro atoms. The van der Waals surface area contributed by atoms with Gasteiger partial charge < -0.3 is 14.6 Å². The highest BCUT2D eigenvalue weighted by Crippen LogP contribution is 2.22. The second kappa shape index (κ2) is 6.60. The number of aromatic nitrogens is 1. The Morgan fingerprint density at radius 1 is 1.33 bits per heavy atom. The summed E-state index contributed by atoms with van der Waals surface area (Å²) in [5.41, 5.74) is 1.83. The van der Waals surface area contributed by atoms with Crippen LogP contribution < -0.4 is 5.56 Å². The molecule has 1 saturated heterocycles. The van der Waals surface area contributed by atoms with Gasteiger partial charge in [-0.1, -0.05) is 42.2 Å². The number of H-pyrrole nitrogens is 1. The van der Waals surface area contributed by atoms with Gasteiger partial charge in [0.25, 0.3) is 0 Å². The first kappa shape index (κ1) is 14.6. The Morgan fingerprint density at radius 2 is 2.10 bits per heavy atom. The van der Waals surface area contributed by atoms with Crippen molar-refractivity contribution in [1.82, 2.24) is 9.88 Å². The summed E-state index contributed by atoms with van der Waals surface area (Å²) in [6, 6.07) is 9.52. The Labute approximate surface area is 132 Å². The number of morpholine rings is 1. The van der Waals surface area contributed by atoms with Crippen molar-refractivity contribution in [3.63, 3.8) is 0 Å². The molecule has 1 aromatic heterocycles. The summed E-state index contributed by atoms with van der Waals surface area (Å²) in [5.74, 6) is 0.709. The summed E-state index contributed by atoms with van der Waals surface area (Å²) in [6.45, 7) is 3.16. The van der Waals surface area contributed by atoms with E-state index in [-0.39, 0.29) is 5.56 Å². The van der Waals surface area contributed by atoms with Crippen LogP contribution in [0.4, 0.5) is 0 Å². The van der Waals surface area contributed by atoms with E-state index in [2.05, 4.69) is 9.88 Å². The average molecular weight is 320 g/mol. The molecular weight excluding hydrogens is 304 g/mol. The average Bonchev–Trinajstić information content (AvgIpc) is 2.53. The number of nitrogens with zero attached hydrogens (tertiary/aromatic N) is 1. The quantitative estimate of drug-likeness (QED) is 0.861. The predicted molar refractivity (Wildman–Crippen MR) is 90.9 cm³/mol. The minimum atomic E-state index is -0.0680. The van der Waals surface area contributed by atoms with E-state index in [0.29, 0.717) is 5.75 Å². The second-order valence-electron chi connectivity index (χ2n) is 4.86. The summed E-state index contributed by atoms with van der Waals surface area (Å²) in [5, 5.41) is 1.08. The first-order valence-electron chi connectivity index (χ1n) is 6.84. The van der Waals surface area contributed by atoms with Crippen LogP contribution in [0.15, 0.2) is 35.1 Å². The van der Waals surface area contributed by atoms with E-state index in [1.807, 2.05) is 24.3 Å². The van der Waals surface area contributed by atoms with Crippen LogP contribution in [0.1, 0.15) is 5.56 Å². The van der Waals surface area contributed by atoms with Crippen molar-refractivity contribution in [2.75, 3.05) is 26.3 Å². The molecular formula is C15H16N2O2S2. The monoisotopic (exact) mass is 320 g/mol.